The first-order valence-corrected chi connectivity index (χ1v) is 13.0. The molecule has 1 unspecified atom stereocenters. The second-order valence-electron chi connectivity index (χ2n) is 11.8. The van der Waals surface area contributed by atoms with Gasteiger partial charge in [-0.25, -0.2) is 0 Å². The summed E-state index contributed by atoms with van der Waals surface area (Å²) in [5.74, 6) is 0.492. The highest BCUT2D eigenvalue weighted by Crippen LogP contribution is 2.26. The van der Waals surface area contributed by atoms with Crippen LogP contribution in [0.2, 0.25) is 0 Å². The lowest BCUT2D eigenvalue weighted by atomic mass is 9.85. The van der Waals surface area contributed by atoms with E-state index in [4.69, 9.17) is 16.2 Å². The van der Waals surface area contributed by atoms with Gasteiger partial charge in [-0.1, -0.05) is 65.8 Å². The van der Waals surface area contributed by atoms with Crippen LogP contribution < -0.4 is 22.1 Å². The number of unbranched alkanes of at least 4 members (excludes halogenated alkanes) is 1. The monoisotopic (exact) mass is 490 g/mol. The number of nitrogens with one attached hydrogen (secondary N) is 2. The summed E-state index contributed by atoms with van der Waals surface area (Å²) in [5.41, 5.74) is 13.7. The summed E-state index contributed by atoms with van der Waals surface area (Å²) in [7, 11) is 0. The highest BCUT2D eigenvalue weighted by Gasteiger charge is 2.24. The lowest BCUT2D eigenvalue weighted by Crippen LogP contribution is -2.45. The minimum Gasteiger partial charge on any atom is -0.380 e. The molecule has 1 atom stereocenters. The molecule has 0 aliphatic heterocycles. The molecule has 35 heavy (non-hydrogen) atoms. The summed E-state index contributed by atoms with van der Waals surface area (Å²) < 4.78 is 5.99. The number of nitrogens with two attached hydrogens (primary N) is 2. The number of carbonyl (C=O) groups is 2. The summed E-state index contributed by atoms with van der Waals surface area (Å²) >= 11 is 0. The summed E-state index contributed by atoms with van der Waals surface area (Å²) in [6, 6.07) is 7.20. The van der Waals surface area contributed by atoms with E-state index in [1.54, 1.807) is 0 Å². The Hall–Kier alpha value is -1.96. The molecule has 0 bridgehead atoms. The first-order valence-electron chi connectivity index (χ1n) is 13.0. The van der Waals surface area contributed by atoms with Crippen LogP contribution in [-0.4, -0.2) is 44.2 Å². The average Bonchev–Trinajstić information content (AvgIpc) is 2.76. The maximum absolute atomic E-state index is 12.4. The van der Waals surface area contributed by atoms with Gasteiger partial charge in [0.2, 0.25) is 11.8 Å². The summed E-state index contributed by atoms with van der Waals surface area (Å²) in [6.07, 6.45) is 3.61. The maximum atomic E-state index is 12.4. The molecule has 7 heteroatoms. The van der Waals surface area contributed by atoms with Crippen LogP contribution in [0.3, 0.4) is 0 Å². The smallest absolute Gasteiger partial charge is 0.236 e. The molecular formula is C28H50N4O3. The van der Waals surface area contributed by atoms with E-state index in [2.05, 4.69) is 52.2 Å². The number of carbonyl (C=O) groups excluding carboxylic acids is 2. The van der Waals surface area contributed by atoms with Crippen LogP contribution in [0.4, 0.5) is 0 Å². The standard InChI is InChI=1S/C28H50N4O3/c1-21(2)16-27(3,4)19-35-20-28(5,6)18-32-26(34)24(30)9-7-8-14-31-25(33)15-22-10-12-23(17-29)13-11-22/h10-13,21,24H,7-9,14-20,29-30H2,1-6H3,(H,31,33)(H,32,34). The van der Waals surface area contributed by atoms with E-state index in [0.29, 0.717) is 51.6 Å². The minimum absolute atomic E-state index is 0.00964. The van der Waals surface area contributed by atoms with Crippen LogP contribution in [-0.2, 0) is 27.3 Å². The minimum atomic E-state index is -0.548. The second kappa shape index (κ2) is 15.2. The number of hydrogen-bond donors (Lipinski definition) is 4. The average molecular weight is 491 g/mol. The summed E-state index contributed by atoms with van der Waals surface area (Å²) in [6.45, 7) is 16.0. The van der Waals surface area contributed by atoms with E-state index in [1.807, 2.05) is 24.3 Å². The van der Waals surface area contributed by atoms with Crippen molar-refractivity contribution in [2.75, 3.05) is 26.3 Å². The van der Waals surface area contributed by atoms with E-state index in [-0.39, 0.29) is 22.6 Å². The fourth-order valence-electron chi connectivity index (χ4n) is 4.17. The van der Waals surface area contributed by atoms with Crippen molar-refractivity contribution in [3.63, 3.8) is 0 Å². The van der Waals surface area contributed by atoms with Crippen LogP contribution >= 0.6 is 0 Å². The van der Waals surface area contributed by atoms with Gasteiger partial charge in [0, 0.05) is 25.0 Å². The third-order valence-electron chi connectivity index (χ3n) is 5.91. The lowest BCUT2D eigenvalue weighted by Gasteiger charge is -2.30. The molecule has 0 fully saturated rings. The molecule has 0 radical (unpaired) electrons. The molecule has 0 aliphatic rings. The molecule has 0 saturated heterocycles. The van der Waals surface area contributed by atoms with E-state index in [1.165, 1.54) is 0 Å². The van der Waals surface area contributed by atoms with Gasteiger partial charge < -0.3 is 26.8 Å². The summed E-state index contributed by atoms with van der Waals surface area (Å²) in [4.78, 5) is 24.5. The van der Waals surface area contributed by atoms with Crippen LogP contribution in [0.25, 0.3) is 0 Å². The van der Waals surface area contributed by atoms with Crippen molar-refractivity contribution in [2.24, 2.45) is 28.2 Å². The van der Waals surface area contributed by atoms with Gasteiger partial charge in [0.15, 0.2) is 0 Å². The quantitative estimate of drug-likeness (QED) is 0.249. The molecule has 1 aromatic carbocycles. The molecule has 200 valence electrons. The lowest BCUT2D eigenvalue weighted by molar-refractivity contribution is -0.123. The van der Waals surface area contributed by atoms with Crippen molar-refractivity contribution in [2.45, 2.75) is 86.2 Å². The number of ether oxygens (including phenoxy) is 1. The first kappa shape index (κ1) is 31.1. The largest absolute Gasteiger partial charge is 0.380 e. The Morgan fingerprint density at radius 1 is 0.943 bits per heavy atom. The number of amides is 2. The fourth-order valence-corrected chi connectivity index (χ4v) is 4.17. The zero-order valence-electron chi connectivity index (χ0n) is 22.9. The third kappa shape index (κ3) is 14.3. The van der Waals surface area contributed by atoms with Gasteiger partial charge in [-0.15, -0.1) is 0 Å². The van der Waals surface area contributed by atoms with Crippen LogP contribution in [0, 0.1) is 16.7 Å². The highest BCUT2D eigenvalue weighted by molar-refractivity contribution is 5.81. The first-order chi connectivity index (χ1) is 16.3. The van der Waals surface area contributed by atoms with Crippen LogP contribution in [0.1, 0.15) is 78.4 Å². The topological polar surface area (TPSA) is 119 Å². The predicted molar refractivity (Wildman–Crippen MR) is 144 cm³/mol. The fraction of sp³-hybridized carbons (Fsp3) is 0.714. The number of benzene rings is 1. The molecule has 0 saturated carbocycles. The molecule has 1 aromatic rings. The second-order valence-corrected chi connectivity index (χ2v) is 11.8. The van der Waals surface area contributed by atoms with Gasteiger partial charge in [-0.2, -0.15) is 0 Å². The maximum Gasteiger partial charge on any atom is 0.236 e. The molecule has 2 amide bonds. The predicted octanol–water partition coefficient (Wildman–Crippen LogP) is 3.53. The number of rotatable bonds is 17. The Bertz CT molecular complexity index is 760. The van der Waals surface area contributed by atoms with Crippen molar-refractivity contribution >= 4 is 11.8 Å². The van der Waals surface area contributed by atoms with Crippen LogP contribution in [0.5, 0.6) is 0 Å². The van der Waals surface area contributed by atoms with Gasteiger partial charge in [0.05, 0.1) is 25.7 Å². The third-order valence-corrected chi connectivity index (χ3v) is 5.91. The Kier molecular flexibility index (Phi) is 13.5. The molecule has 0 spiro atoms. The van der Waals surface area contributed by atoms with Crippen molar-refractivity contribution in [3.05, 3.63) is 35.4 Å². The van der Waals surface area contributed by atoms with E-state index < -0.39 is 6.04 Å². The molecule has 1 rings (SSSR count). The van der Waals surface area contributed by atoms with E-state index >= 15 is 0 Å². The molecule has 0 aromatic heterocycles. The van der Waals surface area contributed by atoms with Gasteiger partial charge in [-0.3, -0.25) is 9.59 Å². The van der Waals surface area contributed by atoms with Crippen molar-refractivity contribution in [1.29, 1.82) is 0 Å². The van der Waals surface area contributed by atoms with Gasteiger partial charge in [0.25, 0.3) is 0 Å². The Balaban J connectivity index is 2.20. The van der Waals surface area contributed by atoms with E-state index in [0.717, 1.165) is 30.4 Å². The zero-order valence-corrected chi connectivity index (χ0v) is 22.9. The molecule has 0 aliphatic carbocycles. The van der Waals surface area contributed by atoms with Crippen molar-refractivity contribution in [3.8, 4) is 0 Å². The SMILES string of the molecule is CC(C)CC(C)(C)COCC(C)(C)CNC(=O)C(N)CCCCNC(=O)Cc1ccc(CN)cc1. The van der Waals surface area contributed by atoms with Crippen molar-refractivity contribution in [1.82, 2.24) is 10.6 Å². The number of hydrogen-bond acceptors (Lipinski definition) is 5. The van der Waals surface area contributed by atoms with Gasteiger partial charge >= 0.3 is 0 Å². The molecule has 0 heterocycles. The highest BCUT2D eigenvalue weighted by atomic mass is 16.5. The van der Waals surface area contributed by atoms with Gasteiger partial charge in [0.1, 0.15) is 0 Å². The Labute approximate surface area is 213 Å². The van der Waals surface area contributed by atoms with Crippen LogP contribution in [0.15, 0.2) is 24.3 Å². The zero-order chi connectivity index (χ0) is 26.5. The van der Waals surface area contributed by atoms with E-state index in [9.17, 15) is 9.59 Å². The molecule has 6 N–H and O–H groups in total. The van der Waals surface area contributed by atoms with Gasteiger partial charge in [-0.05, 0) is 48.1 Å². The van der Waals surface area contributed by atoms with Crippen molar-refractivity contribution < 1.29 is 14.3 Å². The Morgan fingerprint density at radius 3 is 2.14 bits per heavy atom. The molecule has 7 nitrogen and oxygen atoms in total. The summed E-state index contributed by atoms with van der Waals surface area (Å²) in [5, 5.41) is 5.90. The molecular weight excluding hydrogens is 440 g/mol. The Morgan fingerprint density at radius 2 is 1.54 bits per heavy atom. The normalized spacial score (nSPS) is 13.1.